The van der Waals surface area contributed by atoms with Crippen LogP contribution in [-0.4, -0.2) is 54.8 Å². The van der Waals surface area contributed by atoms with Gasteiger partial charge in [0.1, 0.15) is 0 Å². The number of aromatic nitrogens is 3. The van der Waals surface area contributed by atoms with Gasteiger partial charge in [0.2, 0.25) is 5.78 Å². The number of nitrogens with zero attached hydrogens (tertiary/aromatic N) is 4. The van der Waals surface area contributed by atoms with Gasteiger partial charge in [-0.1, -0.05) is 0 Å². The highest BCUT2D eigenvalue weighted by Crippen LogP contribution is 2.15. The summed E-state index contributed by atoms with van der Waals surface area (Å²) in [5.74, 6) is 0.702. The molecule has 102 valence electrons. The van der Waals surface area contributed by atoms with E-state index >= 15 is 0 Å². The van der Waals surface area contributed by atoms with Crippen molar-refractivity contribution in [2.24, 2.45) is 0 Å². The first-order valence-electron chi connectivity index (χ1n) is 6.43. The van der Waals surface area contributed by atoms with E-state index in [1.165, 1.54) is 0 Å². The van der Waals surface area contributed by atoms with E-state index in [-0.39, 0.29) is 0 Å². The lowest BCUT2D eigenvalue weighted by Gasteiger charge is -2.11. The molecule has 0 bridgehead atoms. The zero-order valence-electron chi connectivity index (χ0n) is 11.1. The molecule has 6 heteroatoms. The summed E-state index contributed by atoms with van der Waals surface area (Å²) in [4.78, 5) is 10.9. The van der Waals surface area contributed by atoms with Crippen LogP contribution in [-0.2, 0) is 6.54 Å². The predicted octanol–water partition coefficient (Wildman–Crippen LogP) is -0.116. The number of aliphatic hydroxyl groups excluding tert-OH is 2. The van der Waals surface area contributed by atoms with Crippen molar-refractivity contribution in [2.75, 3.05) is 13.1 Å². The van der Waals surface area contributed by atoms with Crippen molar-refractivity contribution in [3.8, 4) is 0 Å². The van der Waals surface area contributed by atoms with Crippen molar-refractivity contribution in [1.29, 1.82) is 0 Å². The normalized spacial score (nSPS) is 24.4. The van der Waals surface area contributed by atoms with E-state index in [1.807, 2.05) is 35.4 Å². The first-order chi connectivity index (χ1) is 9.02. The molecular weight excluding hydrogens is 244 g/mol. The molecule has 2 aromatic heterocycles. The third-order valence-corrected chi connectivity index (χ3v) is 3.53. The summed E-state index contributed by atoms with van der Waals surface area (Å²) >= 11 is 0. The van der Waals surface area contributed by atoms with E-state index in [2.05, 4.69) is 9.97 Å². The molecule has 0 radical (unpaired) electrons. The number of likely N-dealkylation sites (tertiary alicyclic amines) is 1. The van der Waals surface area contributed by atoms with E-state index in [1.54, 1.807) is 0 Å². The van der Waals surface area contributed by atoms with Gasteiger partial charge in [-0.3, -0.25) is 9.30 Å². The van der Waals surface area contributed by atoms with Crippen LogP contribution < -0.4 is 0 Å². The molecule has 2 unspecified atom stereocenters. The molecule has 2 aromatic rings. The molecule has 3 heterocycles. The van der Waals surface area contributed by atoms with Crippen molar-refractivity contribution in [3.63, 3.8) is 0 Å². The molecule has 2 atom stereocenters. The monoisotopic (exact) mass is 262 g/mol. The quantitative estimate of drug-likeness (QED) is 0.789. The Bertz CT molecular complexity index is 600. The second-order valence-corrected chi connectivity index (χ2v) is 5.27. The highest BCUT2D eigenvalue weighted by atomic mass is 16.3. The molecule has 1 fully saturated rings. The van der Waals surface area contributed by atoms with Gasteiger partial charge in [-0.05, 0) is 19.9 Å². The number of hydrogen-bond donors (Lipinski definition) is 2. The van der Waals surface area contributed by atoms with Gasteiger partial charge >= 0.3 is 0 Å². The Kier molecular flexibility index (Phi) is 3.00. The Morgan fingerprint density at radius 1 is 1.21 bits per heavy atom. The van der Waals surface area contributed by atoms with Gasteiger partial charge in [-0.2, -0.15) is 0 Å². The third-order valence-electron chi connectivity index (χ3n) is 3.53. The number of hydrogen-bond acceptors (Lipinski definition) is 5. The summed E-state index contributed by atoms with van der Waals surface area (Å²) in [7, 11) is 0. The van der Waals surface area contributed by atoms with Crippen LogP contribution in [0.4, 0.5) is 0 Å². The SMILES string of the molecule is Cc1cc(C)n2cc(CN3CC(O)C(O)C3)nc2n1. The molecule has 19 heavy (non-hydrogen) atoms. The van der Waals surface area contributed by atoms with Crippen LogP contribution in [0, 0.1) is 13.8 Å². The number of aliphatic hydroxyl groups is 2. The summed E-state index contributed by atoms with van der Waals surface area (Å²) in [6.07, 6.45) is 0.659. The van der Waals surface area contributed by atoms with E-state index < -0.39 is 12.2 Å². The molecule has 2 N–H and O–H groups in total. The maximum atomic E-state index is 9.54. The fraction of sp³-hybridized carbons (Fsp3) is 0.538. The second-order valence-electron chi connectivity index (χ2n) is 5.27. The maximum absolute atomic E-state index is 9.54. The van der Waals surface area contributed by atoms with Crippen molar-refractivity contribution in [1.82, 2.24) is 19.3 Å². The second kappa shape index (κ2) is 4.56. The lowest BCUT2D eigenvalue weighted by molar-refractivity contribution is 0.0572. The van der Waals surface area contributed by atoms with E-state index in [0.29, 0.717) is 25.4 Å². The Balaban J connectivity index is 1.84. The average Bonchev–Trinajstić information content (AvgIpc) is 2.83. The minimum absolute atomic E-state index is 0.487. The van der Waals surface area contributed by atoms with E-state index in [9.17, 15) is 10.2 Å². The molecule has 0 aliphatic carbocycles. The molecule has 1 aliphatic rings. The van der Waals surface area contributed by atoms with Crippen LogP contribution in [0.3, 0.4) is 0 Å². The topological polar surface area (TPSA) is 73.9 Å². The smallest absolute Gasteiger partial charge is 0.234 e. The largest absolute Gasteiger partial charge is 0.389 e. The van der Waals surface area contributed by atoms with Gasteiger partial charge in [-0.25, -0.2) is 9.97 Å². The summed E-state index contributed by atoms with van der Waals surface area (Å²) < 4.78 is 1.96. The first-order valence-corrected chi connectivity index (χ1v) is 6.43. The molecule has 0 amide bonds. The first kappa shape index (κ1) is 12.5. The number of aryl methyl sites for hydroxylation is 2. The molecule has 0 spiro atoms. The zero-order chi connectivity index (χ0) is 13.6. The van der Waals surface area contributed by atoms with Crippen LogP contribution in [0.5, 0.6) is 0 Å². The molecule has 0 aromatic carbocycles. The van der Waals surface area contributed by atoms with Crippen LogP contribution >= 0.6 is 0 Å². The fourth-order valence-electron chi connectivity index (χ4n) is 2.60. The molecule has 0 saturated carbocycles. The maximum Gasteiger partial charge on any atom is 0.234 e. The summed E-state index contributed by atoms with van der Waals surface area (Å²) in [6.45, 7) is 5.57. The Labute approximate surface area is 111 Å². The number of β-amino-alcohol motifs (C(OH)–C–C–N with tert-alkyl or cyclic N) is 2. The van der Waals surface area contributed by atoms with E-state index in [4.69, 9.17) is 0 Å². The number of rotatable bonds is 2. The van der Waals surface area contributed by atoms with Crippen molar-refractivity contribution >= 4 is 5.78 Å². The highest BCUT2D eigenvalue weighted by Gasteiger charge is 2.29. The van der Waals surface area contributed by atoms with Gasteiger partial charge < -0.3 is 10.2 Å². The molecule has 3 rings (SSSR count). The lowest BCUT2D eigenvalue weighted by Crippen LogP contribution is -2.22. The molecule has 1 saturated heterocycles. The summed E-state index contributed by atoms with van der Waals surface area (Å²) in [5, 5.41) is 19.1. The van der Waals surface area contributed by atoms with Gasteiger partial charge in [0.15, 0.2) is 0 Å². The van der Waals surface area contributed by atoms with Gasteiger partial charge in [-0.15, -0.1) is 0 Å². The van der Waals surface area contributed by atoms with Crippen LogP contribution in [0.15, 0.2) is 12.3 Å². The Morgan fingerprint density at radius 3 is 2.58 bits per heavy atom. The van der Waals surface area contributed by atoms with Crippen molar-refractivity contribution < 1.29 is 10.2 Å². The number of imidazole rings is 1. The zero-order valence-corrected chi connectivity index (χ0v) is 11.1. The molecule has 1 aliphatic heterocycles. The minimum atomic E-state index is -0.654. The lowest BCUT2D eigenvalue weighted by atomic mass is 10.3. The summed E-state index contributed by atoms with van der Waals surface area (Å²) in [6, 6.07) is 2.02. The molecule has 6 nitrogen and oxygen atoms in total. The number of fused-ring (bicyclic) bond motifs is 1. The highest BCUT2D eigenvalue weighted by molar-refractivity contribution is 5.34. The van der Waals surface area contributed by atoms with Gasteiger partial charge in [0, 0.05) is 37.2 Å². The summed E-state index contributed by atoms with van der Waals surface area (Å²) in [5.41, 5.74) is 2.96. The average molecular weight is 262 g/mol. The Hall–Kier alpha value is -1.50. The van der Waals surface area contributed by atoms with Crippen LogP contribution in [0.1, 0.15) is 17.1 Å². The molecular formula is C13H18N4O2. The van der Waals surface area contributed by atoms with Gasteiger partial charge in [0.05, 0.1) is 17.9 Å². The van der Waals surface area contributed by atoms with Crippen LogP contribution in [0.2, 0.25) is 0 Å². The minimum Gasteiger partial charge on any atom is -0.389 e. The standard InChI is InChI=1S/C13H18N4O2/c1-8-3-9(2)17-5-10(15-13(17)14-8)4-16-6-11(18)12(19)7-16/h3,5,11-12,18-19H,4,6-7H2,1-2H3. The fourth-order valence-corrected chi connectivity index (χ4v) is 2.60. The van der Waals surface area contributed by atoms with Crippen molar-refractivity contribution in [2.45, 2.75) is 32.6 Å². The van der Waals surface area contributed by atoms with E-state index in [0.717, 1.165) is 17.1 Å². The predicted molar refractivity (Wildman–Crippen MR) is 69.8 cm³/mol. The van der Waals surface area contributed by atoms with Crippen LogP contribution in [0.25, 0.3) is 5.78 Å². The van der Waals surface area contributed by atoms with Crippen molar-refractivity contribution in [3.05, 3.63) is 29.3 Å². The third kappa shape index (κ3) is 2.34. The Morgan fingerprint density at radius 2 is 1.89 bits per heavy atom. The van der Waals surface area contributed by atoms with Gasteiger partial charge in [0.25, 0.3) is 0 Å².